The highest BCUT2D eigenvalue weighted by atomic mass is 35.5. The maximum atomic E-state index is 5.96. The molecule has 0 spiro atoms. The van der Waals surface area contributed by atoms with Gasteiger partial charge in [0.2, 0.25) is 0 Å². The van der Waals surface area contributed by atoms with Gasteiger partial charge < -0.3 is 4.74 Å². The Kier molecular flexibility index (Phi) is 4.71. The highest BCUT2D eigenvalue weighted by molar-refractivity contribution is 6.22. The second-order valence-corrected chi connectivity index (χ2v) is 3.84. The van der Waals surface area contributed by atoms with Gasteiger partial charge in [-0.05, 0) is 12.5 Å². The van der Waals surface area contributed by atoms with Gasteiger partial charge in [0.15, 0.2) is 0 Å². The molecular weight excluding hydrogens is 196 g/mol. The molecular formula is C12H15ClO. The summed E-state index contributed by atoms with van der Waals surface area (Å²) in [6, 6.07) is 10.0. The zero-order valence-corrected chi connectivity index (χ0v) is 9.13. The normalized spacial score (nSPS) is 12.4. The van der Waals surface area contributed by atoms with Crippen LogP contribution in [-0.2, 0) is 11.3 Å². The number of halogens is 1. The van der Waals surface area contributed by atoms with Crippen LogP contribution in [0.1, 0.15) is 12.5 Å². The summed E-state index contributed by atoms with van der Waals surface area (Å²) in [5.41, 5.74) is 2.11. The second kappa shape index (κ2) is 5.84. The fourth-order valence-electron chi connectivity index (χ4n) is 0.997. The molecule has 1 unspecified atom stereocenters. The molecule has 0 aromatic heterocycles. The molecule has 0 aliphatic rings. The van der Waals surface area contributed by atoms with Gasteiger partial charge in [-0.3, -0.25) is 0 Å². The maximum absolute atomic E-state index is 5.96. The molecule has 1 rings (SSSR count). The standard InChI is InChI=1S/C12H15ClO/c1-10(2)12(13)9-14-8-11-6-4-3-5-7-11/h3-7,12H,1,8-9H2,2H3. The Morgan fingerprint density at radius 2 is 2.07 bits per heavy atom. The first-order valence-corrected chi connectivity index (χ1v) is 5.05. The maximum Gasteiger partial charge on any atom is 0.0774 e. The molecule has 1 aromatic carbocycles. The third-order valence-electron chi connectivity index (χ3n) is 1.91. The van der Waals surface area contributed by atoms with Gasteiger partial charge in [0, 0.05) is 0 Å². The van der Waals surface area contributed by atoms with Crippen molar-refractivity contribution in [2.75, 3.05) is 6.61 Å². The van der Waals surface area contributed by atoms with Gasteiger partial charge >= 0.3 is 0 Å². The smallest absolute Gasteiger partial charge is 0.0774 e. The van der Waals surface area contributed by atoms with Crippen molar-refractivity contribution < 1.29 is 4.74 Å². The molecule has 2 heteroatoms. The van der Waals surface area contributed by atoms with E-state index < -0.39 is 0 Å². The summed E-state index contributed by atoms with van der Waals surface area (Å²) in [5, 5.41) is -0.0845. The summed E-state index contributed by atoms with van der Waals surface area (Å²) in [4.78, 5) is 0. The van der Waals surface area contributed by atoms with E-state index in [1.807, 2.05) is 37.3 Å². The predicted octanol–water partition coefficient (Wildman–Crippen LogP) is 3.39. The summed E-state index contributed by atoms with van der Waals surface area (Å²) in [7, 11) is 0. The lowest BCUT2D eigenvalue weighted by molar-refractivity contribution is 0.125. The molecule has 0 amide bonds. The van der Waals surface area contributed by atoms with Crippen molar-refractivity contribution in [1.29, 1.82) is 0 Å². The monoisotopic (exact) mass is 210 g/mol. The van der Waals surface area contributed by atoms with E-state index in [0.717, 1.165) is 11.1 Å². The molecule has 0 aliphatic carbocycles. The Bertz CT molecular complexity index is 282. The number of rotatable bonds is 5. The molecule has 0 saturated carbocycles. The van der Waals surface area contributed by atoms with Gasteiger partial charge in [0.05, 0.1) is 18.6 Å². The van der Waals surface area contributed by atoms with E-state index in [9.17, 15) is 0 Å². The Hall–Kier alpha value is -0.790. The molecule has 0 bridgehead atoms. The number of alkyl halides is 1. The van der Waals surface area contributed by atoms with E-state index in [4.69, 9.17) is 16.3 Å². The topological polar surface area (TPSA) is 9.23 Å². The predicted molar refractivity (Wildman–Crippen MR) is 60.6 cm³/mol. The molecule has 1 nitrogen and oxygen atoms in total. The Morgan fingerprint density at radius 1 is 1.43 bits per heavy atom. The van der Waals surface area contributed by atoms with Crippen LogP contribution in [0, 0.1) is 0 Å². The zero-order valence-electron chi connectivity index (χ0n) is 8.37. The van der Waals surface area contributed by atoms with Crippen LogP contribution in [0.2, 0.25) is 0 Å². The first kappa shape index (κ1) is 11.3. The van der Waals surface area contributed by atoms with E-state index in [0.29, 0.717) is 13.2 Å². The lowest BCUT2D eigenvalue weighted by Gasteiger charge is -2.09. The van der Waals surface area contributed by atoms with Crippen molar-refractivity contribution in [2.24, 2.45) is 0 Å². The third kappa shape index (κ3) is 3.95. The van der Waals surface area contributed by atoms with E-state index in [1.165, 1.54) is 0 Å². The Morgan fingerprint density at radius 3 is 2.64 bits per heavy atom. The van der Waals surface area contributed by atoms with Gasteiger partial charge in [-0.25, -0.2) is 0 Å². The Balaban J connectivity index is 2.26. The average molecular weight is 211 g/mol. The van der Waals surface area contributed by atoms with Crippen LogP contribution in [0.4, 0.5) is 0 Å². The van der Waals surface area contributed by atoms with E-state index in [1.54, 1.807) is 0 Å². The highest BCUT2D eigenvalue weighted by Crippen LogP contribution is 2.08. The molecule has 0 fully saturated rings. The highest BCUT2D eigenvalue weighted by Gasteiger charge is 2.04. The average Bonchev–Trinajstić information content (AvgIpc) is 2.19. The largest absolute Gasteiger partial charge is 0.375 e. The fraction of sp³-hybridized carbons (Fsp3) is 0.333. The zero-order chi connectivity index (χ0) is 10.4. The molecule has 0 aliphatic heterocycles. The van der Waals surface area contributed by atoms with Gasteiger partial charge in [0.1, 0.15) is 0 Å². The lowest BCUT2D eigenvalue weighted by Crippen LogP contribution is -2.09. The van der Waals surface area contributed by atoms with Gasteiger partial charge in [0.25, 0.3) is 0 Å². The number of hydrogen-bond donors (Lipinski definition) is 0. The first-order chi connectivity index (χ1) is 6.70. The summed E-state index contributed by atoms with van der Waals surface area (Å²) in [5.74, 6) is 0. The van der Waals surface area contributed by atoms with Gasteiger partial charge in [-0.15, -0.1) is 11.6 Å². The van der Waals surface area contributed by atoms with Crippen LogP contribution in [0.25, 0.3) is 0 Å². The van der Waals surface area contributed by atoms with Crippen molar-refractivity contribution in [3.05, 3.63) is 48.0 Å². The molecule has 1 atom stereocenters. The summed E-state index contributed by atoms with van der Waals surface area (Å²) in [6.07, 6.45) is 0. The number of benzene rings is 1. The minimum atomic E-state index is -0.0845. The van der Waals surface area contributed by atoms with Crippen molar-refractivity contribution in [1.82, 2.24) is 0 Å². The SMILES string of the molecule is C=C(C)C(Cl)COCc1ccccc1. The summed E-state index contributed by atoms with van der Waals surface area (Å²) in [6.45, 7) is 6.80. The molecule has 76 valence electrons. The number of ether oxygens (including phenoxy) is 1. The molecule has 0 N–H and O–H groups in total. The quantitative estimate of drug-likeness (QED) is 0.535. The van der Waals surface area contributed by atoms with E-state index in [-0.39, 0.29) is 5.38 Å². The Labute approximate surface area is 90.3 Å². The number of hydrogen-bond acceptors (Lipinski definition) is 1. The molecule has 0 saturated heterocycles. The van der Waals surface area contributed by atoms with Crippen LogP contribution in [-0.4, -0.2) is 12.0 Å². The van der Waals surface area contributed by atoms with Gasteiger partial charge in [-0.1, -0.05) is 42.5 Å². The van der Waals surface area contributed by atoms with Crippen LogP contribution in [0.3, 0.4) is 0 Å². The van der Waals surface area contributed by atoms with Crippen molar-refractivity contribution >= 4 is 11.6 Å². The minimum Gasteiger partial charge on any atom is -0.375 e. The van der Waals surface area contributed by atoms with Crippen molar-refractivity contribution in [3.8, 4) is 0 Å². The lowest BCUT2D eigenvalue weighted by atomic mass is 10.2. The van der Waals surface area contributed by atoms with Crippen LogP contribution < -0.4 is 0 Å². The van der Waals surface area contributed by atoms with Crippen molar-refractivity contribution in [3.63, 3.8) is 0 Å². The molecule has 1 aromatic rings. The minimum absolute atomic E-state index is 0.0845. The molecule has 0 radical (unpaired) electrons. The van der Waals surface area contributed by atoms with E-state index in [2.05, 4.69) is 6.58 Å². The van der Waals surface area contributed by atoms with Crippen molar-refractivity contribution in [2.45, 2.75) is 18.9 Å². The van der Waals surface area contributed by atoms with Crippen LogP contribution in [0.5, 0.6) is 0 Å². The molecule has 0 heterocycles. The first-order valence-electron chi connectivity index (χ1n) is 4.61. The molecule has 14 heavy (non-hydrogen) atoms. The van der Waals surface area contributed by atoms with Crippen LogP contribution >= 0.6 is 11.6 Å². The van der Waals surface area contributed by atoms with Crippen LogP contribution in [0.15, 0.2) is 42.5 Å². The summed E-state index contributed by atoms with van der Waals surface area (Å²) < 4.78 is 5.45. The van der Waals surface area contributed by atoms with Gasteiger partial charge in [-0.2, -0.15) is 0 Å². The summed E-state index contributed by atoms with van der Waals surface area (Å²) >= 11 is 5.96. The second-order valence-electron chi connectivity index (χ2n) is 3.31. The fourth-order valence-corrected chi connectivity index (χ4v) is 1.09. The van der Waals surface area contributed by atoms with E-state index >= 15 is 0 Å². The third-order valence-corrected chi connectivity index (χ3v) is 2.41.